The van der Waals surface area contributed by atoms with Crippen LogP contribution in [0.5, 0.6) is 0 Å². The molecule has 0 amide bonds. The molecule has 1 atom stereocenters. The van der Waals surface area contributed by atoms with Gasteiger partial charge in [0.1, 0.15) is 5.82 Å². The molecule has 1 aromatic rings. The maximum absolute atomic E-state index is 13.1. The minimum Gasteiger partial charge on any atom is -0.383 e. The minimum atomic E-state index is -0.399. The van der Waals surface area contributed by atoms with Gasteiger partial charge in [-0.1, -0.05) is 12.1 Å². The van der Waals surface area contributed by atoms with Gasteiger partial charge in [-0.05, 0) is 19.1 Å². The fourth-order valence-corrected chi connectivity index (χ4v) is 1.95. The first kappa shape index (κ1) is 16.8. The lowest BCUT2D eigenvalue weighted by atomic mass is 10.1. The van der Waals surface area contributed by atoms with Gasteiger partial charge < -0.3 is 9.47 Å². The van der Waals surface area contributed by atoms with Gasteiger partial charge in [-0.3, -0.25) is 9.69 Å². The normalized spacial score (nSPS) is 12.7. The highest BCUT2D eigenvalue weighted by Gasteiger charge is 2.18. The van der Waals surface area contributed by atoms with Crippen LogP contribution in [-0.2, 0) is 9.47 Å². The molecule has 4 nitrogen and oxygen atoms in total. The number of halogens is 1. The monoisotopic (exact) mass is 283 g/mol. The number of carbonyl (C=O) groups excluding carboxylic acids is 1. The second-order valence-electron chi connectivity index (χ2n) is 4.70. The molecule has 112 valence electrons. The van der Waals surface area contributed by atoms with Gasteiger partial charge in [0.05, 0.1) is 19.8 Å². The predicted octanol–water partition coefficient (Wildman–Crippen LogP) is 1.99. The third-order valence-corrected chi connectivity index (χ3v) is 3.11. The Hall–Kier alpha value is -1.30. The summed E-state index contributed by atoms with van der Waals surface area (Å²) in [5.41, 5.74) is 0.386. The number of methoxy groups -OCH3 is 2. The maximum atomic E-state index is 13.1. The first-order chi connectivity index (χ1) is 9.58. The van der Waals surface area contributed by atoms with Crippen molar-refractivity contribution in [3.05, 3.63) is 35.6 Å². The number of ketones is 1. The zero-order chi connectivity index (χ0) is 15.0. The largest absolute Gasteiger partial charge is 0.383 e. The van der Waals surface area contributed by atoms with Crippen LogP contribution in [0, 0.1) is 5.82 Å². The number of carbonyl (C=O) groups is 1. The molecule has 0 bridgehead atoms. The van der Waals surface area contributed by atoms with Crippen LogP contribution in [-0.4, -0.2) is 57.2 Å². The van der Waals surface area contributed by atoms with E-state index in [0.29, 0.717) is 25.3 Å². The summed E-state index contributed by atoms with van der Waals surface area (Å²) in [6.07, 6.45) is 0. The standard InChI is InChI=1S/C15H22FNO3/c1-12(11-20-3)17(7-8-19-2)10-15(18)13-5-4-6-14(16)9-13/h4-6,9,12H,7-8,10-11H2,1-3H3. The Labute approximate surface area is 119 Å². The predicted molar refractivity (Wildman–Crippen MR) is 75.5 cm³/mol. The van der Waals surface area contributed by atoms with E-state index in [0.717, 1.165) is 0 Å². The smallest absolute Gasteiger partial charge is 0.176 e. The second kappa shape index (κ2) is 8.79. The number of rotatable bonds is 9. The quantitative estimate of drug-likeness (QED) is 0.650. The SMILES string of the molecule is COCCN(CC(=O)c1cccc(F)c1)C(C)COC. The molecule has 1 rings (SSSR count). The summed E-state index contributed by atoms with van der Waals surface area (Å²) in [4.78, 5) is 14.2. The van der Waals surface area contributed by atoms with Gasteiger partial charge in [0.15, 0.2) is 5.78 Å². The third-order valence-electron chi connectivity index (χ3n) is 3.11. The van der Waals surface area contributed by atoms with Crippen LogP contribution >= 0.6 is 0 Å². The zero-order valence-corrected chi connectivity index (χ0v) is 12.3. The molecule has 0 aliphatic heterocycles. The summed E-state index contributed by atoms with van der Waals surface area (Å²) in [5, 5.41) is 0. The lowest BCUT2D eigenvalue weighted by Crippen LogP contribution is -2.41. The number of ether oxygens (including phenoxy) is 2. The van der Waals surface area contributed by atoms with E-state index in [-0.39, 0.29) is 18.4 Å². The summed E-state index contributed by atoms with van der Waals surface area (Å²) >= 11 is 0. The molecule has 1 aromatic carbocycles. The van der Waals surface area contributed by atoms with E-state index in [1.807, 2.05) is 11.8 Å². The summed E-state index contributed by atoms with van der Waals surface area (Å²) in [7, 11) is 3.24. The second-order valence-corrected chi connectivity index (χ2v) is 4.70. The fraction of sp³-hybridized carbons (Fsp3) is 0.533. The van der Waals surface area contributed by atoms with Crippen LogP contribution in [0.3, 0.4) is 0 Å². The molecule has 0 fully saturated rings. The van der Waals surface area contributed by atoms with Crippen molar-refractivity contribution in [2.75, 3.05) is 40.5 Å². The molecule has 1 unspecified atom stereocenters. The molecule has 0 radical (unpaired) electrons. The minimum absolute atomic E-state index is 0.0904. The number of hydrogen-bond donors (Lipinski definition) is 0. The Bertz CT molecular complexity index is 425. The van der Waals surface area contributed by atoms with E-state index in [4.69, 9.17) is 9.47 Å². The Morgan fingerprint density at radius 3 is 2.70 bits per heavy atom. The number of nitrogens with zero attached hydrogens (tertiary/aromatic N) is 1. The van der Waals surface area contributed by atoms with Crippen LogP contribution < -0.4 is 0 Å². The molecule has 0 saturated carbocycles. The molecule has 5 heteroatoms. The molecule has 20 heavy (non-hydrogen) atoms. The zero-order valence-electron chi connectivity index (χ0n) is 12.3. The molecule has 0 heterocycles. The maximum Gasteiger partial charge on any atom is 0.176 e. The van der Waals surface area contributed by atoms with Crippen molar-refractivity contribution in [1.82, 2.24) is 4.90 Å². The lowest BCUT2D eigenvalue weighted by Gasteiger charge is -2.27. The molecular weight excluding hydrogens is 261 g/mol. The molecule has 0 N–H and O–H groups in total. The molecule has 0 spiro atoms. The first-order valence-electron chi connectivity index (χ1n) is 6.59. The first-order valence-corrected chi connectivity index (χ1v) is 6.59. The van der Waals surface area contributed by atoms with Crippen LogP contribution in [0.4, 0.5) is 4.39 Å². The van der Waals surface area contributed by atoms with Gasteiger partial charge in [-0.25, -0.2) is 4.39 Å². The van der Waals surface area contributed by atoms with Crippen molar-refractivity contribution < 1.29 is 18.7 Å². The van der Waals surface area contributed by atoms with Gasteiger partial charge in [-0.15, -0.1) is 0 Å². The molecule has 0 aromatic heterocycles. The number of hydrogen-bond acceptors (Lipinski definition) is 4. The van der Waals surface area contributed by atoms with Crippen molar-refractivity contribution in [1.29, 1.82) is 0 Å². The Morgan fingerprint density at radius 2 is 2.10 bits per heavy atom. The summed E-state index contributed by atoms with van der Waals surface area (Å²) < 4.78 is 23.3. The van der Waals surface area contributed by atoms with Gasteiger partial charge in [0.2, 0.25) is 0 Å². The number of Topliss-reactive ketones (excluding diaryl/α,β-unsaturated/α-hetero) is 1. The van der Waals surface area contributed by atoms with E-state index in [2.05, 4.69) is 0 Å². The van der Waals surface area contributed by atoms with E-state index in [1.165, 1.54) is 12.1 Å². The summed E-state index contributed by atoms with van der Waals surface area (Å²) in [6.45, 7) is 3.89. The Balaban J connectivity index is 2.70. The van der Waals surface area contributed by atoms with Crippen molar-refractivity contribution >= 4 is 5.78 Å². The Morgan fingerprint density at radius 1 is 1.35 bits per heavy atom. The van der Waals surface area contributed by atoms with Crippen molar-refractivity contribution in [3.63, 3.8) is 0 Å². The summed E-state index contributed by atoms with van der Waals surface area (Å²) in [6, 6.07) is 5.85. The average molecular weight is 283 g/mol. The van der Waals surface area contributed by atoms with Crippen LogP contribution in [0.15, 0.2) is 24.3 Å². The van der Waals surface area contributed by atoms with E-state index >= 15 is 0 Å². The molecule has 0 aliphatic carbocycles. The van der Waals surface area contributed by atoms with Gasteiger partial charge in [0.25, 0.3) is 0 Å². The highest BCUT2D eigenvalue weighted by atomic mass is 19.1. The topological polar surface area (TPSA) is 38.8 Å². The van der Waals surface area contributed by atoms with E-state index < -0.39 is 5.82 Å². The van der Waals surface area contributed by atoms with Gasteiger partial charge in [-0.2, -0.15) is 0 Å². The van der Waals surface area contributed by atoms with Crippen LogP contribution in [0.2, 0.25) is 0 Å². The molecule has 0 aliphatic rings. The molecular formula is C15H22FNO3. The highest BCUT2D eigenvalue weighted by Crippen LogP contribution is 2.08. The highest BCUT2D eigenvalue weighted by molar-refractivity contribution is 5.97. The van der Waals surface area contributed by atoms with Gasteiger partial charge in [0, 0.05) is 32.4 Å². The average Bonchev–Trinajstić information content (AvgIpc) is 2.43. The van der Waals surface area contributed by atoms with E-state index in [9.17, 15) is 9.18 Å². The van der Waals surface area contributed by atoms with Crippen molar-refractivity contribution in [2.24, 2.45) is 0 Å². The Kier molecular flexibility index (Phi) is 7.36. The summed E-state index contributed by atoms with van der Waals surface area (Å²) in [5.74, 6) is -0.507. The van der Waals surface area contributed by atoms with E-state index in [1.54, 1.807) is 26.4 Å². The fourth-order valence-electron chi connectivity index (χ4n) is 1.95. The number of benzene rings is 1. The van der Waals surface area contributed by atoms with Crippen LogP contribution in [0.1, 0.15) is 17.3 Å². The van der Waals surface area contributed by atoms with Gasteiger partial charge >= 0.3 is 0 Å². The lowest BCUT2D eigenvalue weighted by molar-refractivity contribution is 0.0651. The van der Waals surface area contributed by atoms with Crippen molar-refractivity contribution in [2.45, 2.75) is 13.0 Å². The van der Waals surface area contributed by atoms with Crippen LogP contribution in [0.25, 0.3) is 0 Å². The molecule has 0 saturated heterocycles. The third kappa shape index (κ3) is 5.36. The van der Waals surface area contributed by atoms with Crippen molar-refractivity contribution in [3.8, 4) is 0 Å².